The van der Waals surface area contributed by atoms with Crippen molar-refractivity contribution in [3.05, 3.63) is 54.6 Å². The van der Waals surface area contributed by atoms with E-state index >= 15 is 0 Å². The summed E-state index contributed by atoms with van der Waals surface area (Å²) in [6.45, 7) is 0. The molecule has 0 heterocycles. The number of nitrogens with one attached hydrogen (secondary N) is 1. The molecule has 4 aromatic carbocycles. The van der Waals surface area contributed by atoms with Crippen LogP contribution in [-0.2, 0) is 0 Å². The van der Waals surface area contributed by atoms with Gasteiger partial charge in [-0.15, -0.1) is 0 Å². The Balaban J connectivity index is 2.40. The molecular formula is C16H12NP. The molecule has 4 rings (SSSR count). The van der Waals surface area contributed by atoms with Gasteiger partial charge >= 0.3 is 0 Å². The van der Waals surface area contributed by atoms with Crippen LogP contribution in [0.25, 0.3) is 32.3 Å². The second kappa shape index (κ2) is 3.57. The standard InChI is InChI=1S/C16H12NP/c18-17-14-9-7-12-5-4-10-2-1-3-11-6-8-13(14)16(12)15(10)11/h1-9,17H,18H2. The van der Waals surface area contributed by atoms with Gasteiger partial charge in [-0.25, -0.2) is 0 Å². The third kappa shape index (κ3) is 1.20. The molecule has 1 atom stereocenters. The predicted octanol–water partition coefficient (Wildman–Crippen LogP) is 4.79. The van der Waals surface area contributed by atoms with Crippen molar-refractivity contribution >= 4 is 47.4 Å². The molecule has 0 bridgehead atoms. The largest absolute Gasteiger partial charge is 0.369 e. The Hall–Kier alpha value is -1.85. The van der Waals surface area contributed by atoms with E-state index in [2.05, 4.69) is 69.1 Å². The van der Waals surface area contributed by atoms with Crippen molar-refractivity contribution in [1.82, 2.24) is 0 Å². The summed E-state index contributed by atoms with van der Waals surface area (Å²) in [5.41, 5.74) is 1.16. The zero-order valence-corrected chi connectivity index (χ0v) is 10.9. The average Bonchev–Trinajstić information content (AvgIpc) is 2.44. The first-order valence-electron chi connectivity index (χ1n) is 6.01. The topological polar surface area (TPSA) is 12.0 Å². The minimum atomic E-state index is 1.16. The Bertz CT molecular complexity index is 851. The molecule has 0 aromatic heterocycles. The summed E-state index contributed by atoms with van der Waals surface area (Å²) in [4.78, 5) is 0. The van der Waals surface area contributed by atoms with Crippen LogP contribution in [0.1, 0.15) is 0 Å². The smallest absolute Gasteiger partial charge is 0.0449 e. The monoisotopic (exact) mass is 249 g/mol. The van der Waals surface area contributed by atoms with Crippen molar-refractivity contribution in [3.63, 3.8) is 0 Å². The Morgan fingerprint density at radius 2 is 1.28 bits per heavy atom. The number of benzene rings is 4. The van der Waals surface area contributed by atoms with Crippen LogP contribution < -0.4 is 5.09 Å². The second-order valence-corrected chi connectivity index (χ2v) is 4.90. The van der Waals surface area contributed by atoms with E-state index in [1.165, 1.54) is 32.3 Å². The van der Waals surface area contributed by atoms with Crippen LogP contribution in [0.5, 0.6) is 0 Å². The minimum absolute atomic E-state index is 1.16. The highest BCUT2D eigenvalue weighted by atomic mass is 31.0. The molecule has 0 spiro atoms. The molecule has 0 aliphatic heterocycles. The van der Waals surface area contributed by atoms with Gasteiger partial charge in [0.1, 0.15) is 0 Å². The van der Waals surface area contributed by atoms with Gasteiger partial charge in [0.05, 0.1) is 0 Å². The Morgan fingerprint density at radius 1 is 0.667 bits per heavy atom. The first-order valence-corrected chi connectivity index (χ1v) is 6.59. The number of hydrogen-bond donors (Lipinski definition) is 1. The van der Waals surface area contributed by atoms with Gasteiger partial charge in [-0.2, -0.15) is 0 Å². The van der Waals surface area contributed by atoms with Crippen LogP contribution in [0.4, 0.5) is 5.69 Å². The molecule has 4 aromatic rings. The van der Waals surface area contributed by atoms with Gasteiger partial charge in [-0.1, -0.05) is 48.5 Å². The molecule has 2 heteroatoms. The lowest BCUT2D eigenvalue weighted by atomic mass is 9.94. The van der Waals surface area contributed by atoms with Gasteiger partial charge in [0.15, 0.2) is 0 Å². The van der Waals surface area contributed by atoms with Gasteiger partial charge in [0.25, 0.3) is 0 Å². The van der Waals surface area contributed by atoms with E-state index in [1.807, 2.05) is 0 Å². The van der Waals surface area contributed by atoms with E-state index in [9.17, 15) is 0 Å². The third-order valence-electron chi connectivity index (χ3n) is 3.68. The summed E-state index contributed by atoms with van der Waals surface area (Å²) in [5, 5.41) is 11.1. The second-order valence-electron chi connectivity index (χ2n) is 4.61. The normalized spacial score (nSPS) is 11.6. The lowest BCUT2D eigenvalue weighted by molar-refractivity contribution is 1.76. The number of anilines is 1. The molecule has 1 unspecified atom stereocenters. The van der Waals surface area contributed by atoms with Crippen LogP contribution in [0, 0.1) is 0 Å². The summed E-state index contributed by atoms with van der Waals surface area (Å²) >= 11 is 0. The predicted molar refractivity (Wildman–Crippen MR) is 83.5 cm³/mol. The molecule has 0 fully saturated rings. The molecule has 1 N–H and O–H groups in total. The molecule has 0 saturated heterocycles. The lowest BCUT2D eigenvalue weighted by Gasteiger charge is -2.13. The van der Waals surface area contributed by atoms with Gasteiger partial charge in [-0.3, -0.25) is 0 Å². The van der Waals surface area contributed by atoms with Crippen LogP contribution in [-0.4, -0.2) is 0 Å². The highest BCUT2D eigenvalue weighted by Crippen LogP contribution is 2.37. The van der Waals surface area contributed by atoms with Crippen molar-refractivity contribution in [2.75, 3.05) is 5.09 Å². The lowest BCUT2D eigenvalue weighted by Crippen LogP contribution is -1.87. The van der Waals surface area contributed by atoms with Crippen LogP contribution in [0.15, 0.2) is 54.6 Å². The van der Waals surface area contributed by atoms with E-state index in [-0.39, 0.29) is 0 Å². The molecule has 0 radical (unpaired) electrons. The third-order valence-corrected chi connectivity index (χ3v) is 4.00. The molecule has 0 aliphatic rings. The summed E-state index contributed by atoms with van der Waals surface area (Å²) in [5.74, 6) is 0. The van der Waals surface area contributed by atoms with Gasteiger partial charge < -0.3 is 5.09 Å². The fourth-order valence-corrected chi connectivity index (χ4v) is 3.11. The van der Waals surface area contributed by atoms with Gasteiger partial charge in [0.2, 0.25) is 0 Å². The summed E-state index contributed by atoms with van der Waals surface area (Å²) < 4.78 is 0. The van der Waals surface area contributed by atoms with E-state index in [4.69, 9.17) is 0 Å². The van der Waals surface area contributed by atoms with E-state index in [0.29, 0.717) is 0 Å². The zero-order chi connectivity index (χ0) is 12.1. The first-order chi connectivity index (χ1) is 8.88. The Kier molecular flexibility index (Phi) is 2.00. The fraction of sp³-hybridized carbons (Fsp3) is 0. The molecule has 0 saturated carbocycles. The quantitative estimate of drug-likeness (QED) is 0.378. The highest BCUT2D eigenvalue weighted by molar-refractivity contribution is 7.18. The Morgan fingerprint density at radius 3 is 2.00 bits per heavy atom. The van der Waals surface area contributed by atoms with E-state index in [1.54, 1.807) is 0 Å². The number of rotatable bonds is 1. The molecule has 18 heavy (non-hydrogen) atoms. The highest BCUT2D eigenvalue weighted by Gasteiger charge is 2.09. The maximum Gasteiger partial charge on any atom is 0.0449 e. The van der Waals surface area contributed by atoms with Crippen LogP contribution in [0.2, 0.25) is 0 Å². The van der Waals surface area contributed by atoms with Crippen molar-refractivity contribution < 1.29 is 0 Å². The minimum Gasteiger partial charge on any atom is -0.369 e. The van der Waals surface area contributed by atoms with Gasteiger partial charge in [-0.05, 0) is 42.4 Å². The molecule has 0 amide bonds. The molecule has 0 aliphatic carbocycles. The maximum absolute atomic E-state index is 3.20. The first kappa shape index (κ1) is 10.1. The van der Waals surface area contributed by atoms with Crippen molar-refractivity contribution in [3.8, 4) is 0 Å². The van der Waals surface area contributed by atoms with Crippen molar-refractivity contribution in [2.45, 2.75) is 0 Å². The van der Waals surface area contributed by atoms with Crippen LogP contribution >= 0.6 is 9.39 Å². The van der Waals surface area contributed by atoms with Gasteiger partial charge in [0, 0.05) is 11.1 Å². The van der Waals surface area contributed by atoms with Crippen LogP contribution in [0.3, 0.4) is 0 Å². The number of hydrogen-bond acceptors (Lipinski definition) is 1. The summed E-state index contributed by atoms with van der Waals surface area (Å²) in [7, 11) is 2.58. The van der Waals surface area contributed by atoms with E-state index in [0.717, 1.165) is 5.69 Å². The molecule has 86 valence electrons. The molecule has 1 nitrogen and oxygen atoms in total. The fourth-order valence-electron chi connectivity index (χ4n) is 2.86. The van der Waals surface area contributed by atoms with Crippen molar-refractivity contribution in [2.24, 2.45) is 0 Å². The summed E-state index contributed by atoms with van der Waals surface area (Å²) in [6, 6.07) is 19.6. The van der Waals surface area contributed by atoms with Crippen molar-refractivity contribution in [1.29, 1.82) is 0 Å². The SMILES string of the molecule is PNc1ccc2ccc3cccc4ccc1c2c34. The average molecular weight is 249 g/mol. The maximum atomic E-state index is 3.20. The summed E-state index contributed by atoms with van der Waals surface area (Å²) in [6.07, 6.45) is 0. The molecular weight excluding hydrogens is 237 g/mol. The zero-order valence-electron chi connectivity index (χ0n) is 9.77. The Labute approximate surface area is 107 Å². The van der Waals surface area contributed by atoms with E-state index < -0.39 is 0 Å².